The van der Waals surface area contributed by atoms with E-state index < -0.39 is 75.8 Å². The summed E-state index contributed by atoms with van der Waals surface area (Å²) in [6, 6.07) is 4.03. The Hall–Kier alpha value is -1.43. The third-order valence-electron chi connectivity index (χ3n) is 3.32. The van der Waals surface area contributed by atoms with E-state index in [1.807, 2.05) is 0 Å². The average molecular weight is 520 g/mol. The van der Waals surface area contributed by atoms with Crippen LogP contribution < -0.4 is 0 Å². The number of rotatable bonds is 2. The number of phenols is 1. The minimum atomic E-state index is -5.54. The molecule has 0 radical (unpaired) electrons. The van der Waals surface area contributed by atoms with E-state index in [2.05, 4.69) is 4.99 Å². The summed E-state index contributed by atoms with van der Waals surface area (Å²) in [6.45, 7) is 0. The molecule has 2 aromatic rings. The van der Waals surface area contributed by atoms with Crippen molar-refractivity contribution in [2.24, 2.45) is 4.99 Å². The molecule has 164 valence electrons. The van der Waals surface area contributed by atoms with Crippen molar-refractivity contribution in [2.45, 2.75) is 18.5 Å². The summed E-state index contributed by atoms with van der Waals surface area (Å²) in [4.78, 5) is 3.10. The second-order valence-electron chi connectivity index (χ2n) is 5.30. The van der Waals surface area contributed by atoms with E-state index in [1.54, 1.807) is 0 Å². The summed E-state index contributed by atoms with van der Waals surface area (Å²) in [5.41, 5.74) is -8.46. The molecular formula is C16H8Cl2F9NOTi. The van der Waals surface area contributed by atoms with Gasteiger partial charge in [0.1, 0.15) is 5.75 Å². The maximum atomic E-state index is 13.1. The van der Waals surface area contributed by atoms with Gasteiger partial charge in [0.2, 0.25) is 0 Å². The number of phenolic OH excluding ortho intramolecular Hbond substituents is 1. The van der Waals surface area contributed by atoms with E-state index in [0.717, 1.165) is 12.1 Å². The fraction of sp³-hybridized carbons (Fsp3) is 0.188. The van der Waals surface area contributed by atoms with E-state index in [0.29, 0.717) is 6.21 Å². The topological polar surface area (TPSA) is 32.6 Å². The van der Waals surface area contributed by atoms with Crippen LogP contribution >= 0.6 is 18.6 Å². The molecule has 1 N–H and O–H groups in total. The monoisotopic (exact) mass is 519 g/mol. The van der Waals surface area contributed by atoms with Crippen LogP contribution in [0.2, 0.25) is 0 Å². The summed E-state index contributed by atoms with van der Waals surface area (Å²) in [5, 5.41) is 9.51. The average Bonchev–Trinajstić information content (AvgIpc) is 2.58. The van der Waals surface area contributed by atoms with Crippen LogP contribution in [0.25, 0.3) is 0 Å². The molecule has 0 aliphatic carbocycles. The normalized spacial score (nSPS) is 12.5. The van der Waals surface area contributed by atoms with Crippen molar-refractivity contribution < 1.29 is 61.7 Å². The molecule has 0 fully saturated rings. The molecule has 0 bridgehead atoms. The first-order valence-corrected chi connectivity index (χ1v) is 11.6. The van der Waals surface area contributed by atoms with Crippen LogP contribution in [0.5, 0.6) is 5.75 Å². The van der Waals surface area contributed by atoms with Crippen molar-refractivity contribution in [3.8, 4) is 5.75 Å². The molecule has 2 aromatic carbocycles. The molecule has 0 aliphatic rings. The van der Waals surface area contributed by atoms with Crippen molar-refractivity contribution in [1.82, 2.24) is 0 Å². The number of alkyl halides is 9. The van der Waals surface area contributed by atoms with Crippen LogP contribution in [-0.2, 0) is 35.6 Å². The van der Waals surface area contributed by atoms with Gasteiger partial charge in [-0.25, -0.2) is 0 Å². The Bertz CT molecular complexity index is 861. The second-order valence-corrected chi connectivity index (χ2v) is 7.88. The molecule has 30 heavy (non-hydrogen) atoms. The van der Waals surface area contributed by atoms with Gasteiger partial charge in [-0.2, -0.15) is 39.5 Å². The standard InChI is InChI=1S/C16H8F9NO.2ClH.Ti/c17-14(18,19)9-5-10(15(20,21)22)13(11(6-9)16(23,24)25)26-7-8-3-1-2-4-12(8)27;;;/h1-7,27H;2*1H;/q;;;+2/p-2. The number of para-hydroxylation sites is 1. The van der Waals surface area contributed by atoms with Gasteiger partial charge in [-0.1, -0.05) is 12.1 Å². The molecule has 14 heteroatoms. The Morgan fingerprint density at radius 3 is 1.60 bits per heavy atom. The molecule has 0 unspecified atom stereocenters. The second kappa shape index (κ2) is 10.3. The van der Waals surface area contributed by atoms with Gasteiger partial charge in [0, 0.05) is 11.8 Å². The number of aliphatic imine (C=N–C) groups is 1. The molecule has 0 atom stereocenters. The molecule has 0 spiro atoms. The van der Waals surface area contributed by atoms with Gasteiger partial charge in [0.25, 0.3) is 0 Å². The van der Waals surface area contributed by atoms with Crippen LogP contribution in [0, 0.1) is 0 Å². The third kappa shape index (κ3) is 7.37. The predicted molar refractivity (Wildman–Crippen MR) is 88.5 cm³/mol. The zero-order chi connectivity index (χ0) is 23.3. The Balaban J connectivity index is 0.00000141. The molecule has 0 amide bonds. The van der Waals surface area contributed by atoms with Gasteiger partial charge in [-0.3, -0.25) is 4.99 Å². The van der Waals surface area contributed by atoms with Crippen molar-refractivity contribution in [1.29, 1.82) is 0 Å². The Morgan fingerprint density at radius 1 is 0.800 bits per heavy atom. The molecular weight excluding hydrogens is 512 g/mol. The fourth-order valence-electron chi connectivity index (χ4n) is 2.10. The van der Waals surface area contributed by atoms with E-state index >= 15 is 0 Å². The van der Waals surface area contributed by atoms with Crippen molar-refractivity contribution in [3.05, 3.63) is 58.7 Å². The zero-order valence-electron chi connectivity index (χ0n) is 14.1. The van der Waals surface area contributed by atoms with Gasteiger partial charge < -0.3 is 5.11 Å². The van der Waals surface area contributed by atoms with Crippen LogP contribution in [0.3, 0.4) is 0 Å². The summed E-state index contributed by atoms with van der Waals surface area (Å²) in [7, 11) is 9.78. The molecule has 0 saturated heterocycles. The van der Waals surface area contributed by atoms with Gasteiger partial charge >= 0.3 is 54.2 Å². The van der Waals surface area contributed by atoms with E-state index in [-0.39, 0.29) is 5.56 Å². The SMILES string of the molecule is Oc1ccccc1C=Nc1c(C(F)(F)F)cc(C(F)(F)F)cc1C(F)(F)F.[Cl][Ti][Cl]. The van der Waals surface area contributed by atoms with Crippen LogP contribution in [0.15, 0.2) is 41.4 Å². The molecule has 2 nitrogen and oxygen atoms in total. The summed E-state index contributed by atoms with van der Waals surface area (Å²) in [5.74, 6) is -0.490. The van der Waals surface area contributed by atoms with Gasteiger partial charge in [-0.05, 0) is 24.3 Å². The van der Waals surface area contributed by atoms with Crippen molar-refractivity contribution >= 4 is 30.5 Å². The van der Waals surface area contributed by atoms with E-state index in [9.17, 15) is 44.6 Å². The van der Waals surface area contributed by atoms with Gasteiger partial charge in [0.05, 0.1) is 22.4 Å². The minimum absolute atomic E-state index is 0.223. The van der Waals surface area contributed by atoms with E-state index in [1.165, 1.54) is 12.1 Å². The maximum absolute atomic E-state index is 13.1. The quantitative estimate of drug-likeness (QED) is 0.247. The van der Waals surface area contributed by atoms with Gasteiger partial charge in [0.15, 0.2) is 0 Å². The number of benzene rings is 2. The molecule has 0 heterocycles. The number of hydrogen-bond acceptors (Lipinski definition) is 2. The molecule has 0 saturated carbocycles. The van der Waals surface area contributed by atoms with Crippen molar-refractivity contribution in [3.63, 3.8) is 0 Å². The number of halogens is 11. The van der Waals surface area contributed by atoms with E-state index in [4.69, 9.17) is 18.6 Å². The third-order valence-corrected chi connectivity index (χ3v) is 3.32. The van der Waals surface area contributed by atoms with Gasteiger partial charge in [-0.15, -0.1) is 0 Å². The number of aromatic hydroxyl groups is 1. The zero-order valence-corrected chi connectivity index (χ0v) is 17.2. The Kier molecular flexibility index (Phi) is 9.10. The predicted octanol–water partition coefficient (Wildman–Crippen LogP) is 7.58. The van der Waals surface area contributed by atoms with Crippen LogP contribution in [0.4, 0.5) is 45.2 Å². The number of hydrogen-bond donors (Lipinski definition) is 1. The Labute approximate surface area is 180 Å². The molecule has 0 aromatic heterocycles. The van der Waals surface area contributed by atoms with Crippen LogP contribution in [-0.4, -0.2) is 11.3 Å². The van der Waals surface area contributed by atoms with Crippen LogP contribution in [0.1, 0.15) is 22.3 Å². The fourth-order valence-corrected chi connectivity index (χ4v) is 2.10. The summed E-state index contributed by atoms with van der Waals surface area (Å²) < 4.78 is 117. The first kappa shape index (κ1) is 26.6. The summed E-state index contributed by atoms with van der Waals surface area (Å²) >= 11 is -0.556. The number of nitrogens with zero attached hydrogens (tertiary/aromatic N) is 1. The summed E-state index contributed by atoms with van der Waals surface area (Å²) in [6.07, 6.45) is -16.0. The van der Waals surface area contributed by atoms with Crippen molar-refractivity contribution in [2.75, 3.05) is 0 Å². The molecule has 2 rings (SSSR count). The first-order valence-electron chi connectivity index (χ1n) is 7.30. The Morgan fingerprint density at radius 2 is 1.23 bits per heavy atom. The molecule has 0 aliphatic heterocycles. The first-order chi connectivity index (χ1) is 13.6.